The molecule has 15 nitrogen and oxygen atoms in total. The molecule has 0 aliphatic rings. The van der Waals surface area contributed by atoms with E-state index in [4.69, 9.17) is 27.9 Å². The lowest BCUT2D eigenvalue weighted by Gasteiger charge is -2.19. The van der Waals surface area contributed by atoms with Crippen molar-refractivity contribution in [3.63, 3.8) is 0 Å². The van der Waals surface area contributed by atoms with E-state index in [-0.39, 0.29) is 18.9 Å². The van der Waals surface area contributed by atoms with Crippen LogP contribution < -0.4 is 38.6 Å². The van der Waals surface area contributed by atoms with Gasteiger partial charge in [-0.1, -0.05) is 0 Å². The lowest BCUT2D eigenvalue weighted by atomic mass is 10.1. The van der Waals surface area contributed by atoms with E-state index in [1.807, 2.05) is 0 Å². The van der Waals surface area contributed by atoms with Crippen molar-refractivity contribution in [1.29, 1.82) is 5.41 Å². The standard InChI is InChI=1S/C14H26N8O7/c15-12(27)8(4-11(25)26)22-9(23)5-20-13(28)7(21-10(24)6-29-18)2-1-3-19-14(16)17/h7-8H,1-6,18H2,(H2,15,27)(H,20,28)(H,21,24)(H,22,23)(H,25,26)(H4,16,17,19). The van der Waals surface area contributed by atoms with Gasteiger partial charge in [-0.05, 0) is 12.8 Å². The molecule has 0 aromatic carbocycles. The number of carbonyl (C=O) groups excluding carboxylic acids is 4. The average Bonchev–Trinajstić information content (AvgIpc) is 2.61. The fourth-order valence-corrected chi connectivity index (χ4v) is 2.04. The summed E-state index contributed by atoms with van der Waals surface area (Å²) in [5.41, 5.74) is 10.1. The summed E-state index contributed by atoms with van der Waals surface area (Å²) in [6, 6.07) is -2.49. The molecule has 29 heavy (non-hydrogen) atoms. The van der Waals surface area contributed by atoms with Gasteiger partial charge in [0.25, 0.3) is 0 Å². The predicted octanol–water partition coefficient (Wildman–Crippen LogP) is -4.81. The van der Waals surface area contributed by atoms with Crippen molar-refractivity contribution in [2.45, 2.75) is 31.3 Å². The lowest BCUT2D eigenvalue weighted by Crippen LogP contribution is -2.52. The van der Waals surface area contributed by atoms with Crippen molar-refractivity contribution < 1.29 is 33.9 Å². The van der Waals surface area contributed by atoms with Gasteiger partial charge in [-0.2, -0.15) is 0 Å². The van der Waals surface area contributed by atoms with E-state index >= 15 is 0 Å². The van der Waals surface area contributed by atoms with E-state index in [2.05, 4.69) is 26.1 Å². The normalized spacial score (nSPS) is 12.2. The average molecular weight is 418 g/mol. The first-order valence-electron chi connectivity index (χ1n) is 8.33. The van der Waals surface area contributed by atoms with Crippen LogP contribution in [0.1, 0.15) is 19.3 Å². The second-order valence-corrected chi connectivity index (χ2v) is 5.75. The van der Waals surface area contributed by atoms with Crippen molar-refractivity contribution in [2.75, 3.05) is 19.7 Å². The quantitative estimate of drug-likeness (QED) is 0.0562. The first-order chi connectivity index (χ1) is 13.6. The van der Waals surface area contributed by atoms with E-state index in [1.54, 1.807) is 0 Å². The summed E-state index contributed by atoms with van der Waals surface area (Å²) >= 11 is 0. The molecule has 15 heteroatoms. The Morgan fingerprint density at radius 1 is 1.00 bits per heavy atom. The van der Waals surface area contributed by atoms with Gasteiger partial charge in [-0.15, -0.1) is 0 Å². The minimum absolute atomic E-state index is 0.132. The fraction of sp³-hybridized carbons (Fsp3) is 0.571. The van der Waals surface area contributed by atoms with Crippen LogP contribution >= 0.6 is 0 Å². The van der Waals surface area contributed by atoms with Crippen LogP contribution in [0.2, 0.25) is 0 Å². The van der Waals surface area contributed by atoms with Gasteiger partial charge >= 0.3 is 5.97 Å². The molecule has 0 aromatic heterocycles. The summed E-state index contributed by atoms with van der Waals surface area (Å²) in [4.78, 5) is 61.7. The first kappa shape index (κ1) is 25.5. The minimum Gasteiger partial charge on any atom is -0.481 e. The summed E-state index contributed by atoms with van der Waals surface area (Å²) in [6.07, 6.45) is -0.237. The molecule has 0 aliphatic heterocycles. The zero-order chi connectivity index (χ0) is 22.4. The van der Waals surface area contributed by atoms with Crippen molar-refractivity contribution >= 4 is 35.6 Å². The van der Waals surface area contributed by atoms with Gasteiger partial charge in [0.1, 0.15) is 18.7 Å². The Bertz CT molecular complexity index is 627. The van der Waals surface area contributed by atoms with Crippen LogP contribution in [0.25, 0.3) is 0 Å². The topological polar surface area (TPSA) is 265 Å². The molecule has 0 spiro atoms. The Morgan fingerprint density at radius 3 is 2.14 bits per heavy atom. The second kappa shape index (κ2) is 13.7. The van der Waals surface area contributed by atoms with Crippen LogP contribution in [0, 0.1) is 5.41 Å². The van der Waals surface area contributed by atoms with Gasteiger partial charge in [0, 0.05) is 6.54 Å². The molecule has 2 atom stereocenters. The number of carboxylic acids is 1. The number of carboxylic acid groups (broad SMARTS) is 1. The molecule has 164 valence electrons. The third-order valence-electron chi connectivity index (χ3n) is 3.33. The minimum atomic E-state index is -1.44. The molecular formula is C14H26N8O7. The monoisotopic (exact) mass is 418 g/mol. The third-order valence-corrected chi connectivity index (χ3v) is 3.33. The molecule has 12 N–H and O–H groups in total. The Kier molecular flexibility index (Phi) is 12.0. The summed E-state index contributed by atoms with van der Waals surface area (Å²) < 4.78 is 0. The van der Waals surface area contributed by atoms with Gasteiger partial charge < -0.3 is 37.8 Å². The van der Waals surface area contributed by atoms with E-state index in [1.165, 1.54) is 0 Å². The highest BCUT2D eigenvalue weighted by Crippen LogP contribution is 1.98. The Hall–Kier alpha value is -3.46. The molecule has 4 amide bonds. The maximum atomic E-state index is 12.3. The first-order valence-corrected chi connectivity index (χ1v) is 8.33. The predicted molar refractivity (Wildman–Crippen MR) is 97.6 cm³/mol. The summed E-state index contributed by atoms with van der Waals surface area (Å²) in [6.45, 7) is -0.822. The van der Waals surface area contributed by atoms with Crippen molar-refractivity contribution in [1.82, 2.24) is 21.3 Å². The zero-order valence-electron chi connectivity index (χ0n) is 15.5. The largest absolute Gasteiger partial charge is 0.481 e. The zero-order valence-corrected chi connectivity index (χ0v) is 15.5. The molecule has 0 aliphatic carbocycles. The Balaban J connectivity index is 4.72. The number of nitrogens with two attached hydrogens (primary N) is 3. The van der Waals surface area contributed by atoms with E-state index in [9.17, 15) is 24.0 Å². The molecule has 0 aromatic rings. The maximum absolute atomic E-state index is 12.3. The Labute approximate surface area is 165 Å². The van der Waals surface area contributed by atoms with Crippen molar-refractivity contribution in [3.8, 4) is 0 Å². The molecule has 2 unspecified atom stereocenters. The number of primary amides is 1. The highest BCUT2D eigenvalue weighted by atomic mass is 16.6. The smallest absolute Gasteiger partial charge is 0.305 e. The van der Waals surface area contributed by atoms with Crippen molar-refractivity contribution in [3.05, 3.63) is 0 Å². The van der Waals surface area contributed by atoms with Gasteiger partial charge in [-0.3, -0.25) is 34.2 Å². The number of hydrogen-bond acceptors (Lipinski definition) is 8. The maximum Gasteiger partial charge on any atom is 0.305 e. The molecule has 0 radical (unpaired) electrons. The molecule has 0 rings (SSSR count). The fourth-order valence-electron chi connectivity index (χ4n) is 2.04. The Morgan fingerprint density at radius 2 is 1.62 bits per heavy atom. The van der Waals surface area contributed by atoms with Gasteiger partial charge in [-0.25, -0.2) is 5.90 Å². The highest BCUT2D eigenvalue weighted by molar-refractivity contribution is 5.93. The SMILES string of the molecule is N=C(N)NCCCC(NC(=O)CON)C(=O)NCC(=O)NC(CC(=O)O)C(N)=O. The van der Waals surface area contributed by atoms with Crippen LogP contribution in [0.3, 0.4) is 0 Å². The molecule has 0 saturated carbocycles. The second-order valence-electron chi connectivity index (χ2n) is 5.75. The number of nitrogens with one attached hydrogen (secondary N) is 5. The third kappa shape index (κ3) is 12.5. The van der Waals surface area contributed by atoms with E-state index in [0.29, 0.717) is 6.42 Å². The molecular weight excluding hydrogens is 392 g/mol. The number of hydrogen-bond donors (Lipinski definition) is 9. The van der Waals surface area contributed by atoms with Gasteiger partial charge in [0.2, 0.25) is 23.6 Å². The number of rotatable bonds is 14. The highest BCUT2D eigenvalue weighted by Gasteiger charge is 2.24. The molecule has 0 heterocycles. The number of guanidine groups is 1. The van der Waals surface area contributed by atoms with Crippen molar-refractivity contribution in [2.24, 2.45) is 17.4 Å². The van der Waals surface area contributed by atoms with Crippen LogP contribution in [-0.2, 0) is 28.8 Å². The number of carbonyl (C=O) groups is 5. The molecule has 0 bridgehead atoms. The van der Waals surface area contributed by atoms with Crippen LogP contribution in [0.15, 0.2) is 0 Å². The lowest BCUT2D eigenvalue weighted by molar-refractivity contribution is -0.140. The number of amides is 4. The van der Waals surface area contributed by atoms with Crippen LogP contribution in [-0.4, -0.2) is 72.4 Å². The van der Waals surface area contributed by atoms with Crippen LogP contribution in [0.4, 0.5) is 0 Å². The summed E-state index contributed by atoms with van der Waals surface area (Å²) in [5.74, 6) is -0.0915. The summed E-state index contributed by atoms with van der Waals surface area (Å²) in [7, 11) is 0. The number of aliphatic carboxylic acids is 1. The molecule has 0 saturated heterocycles. The van der Waals surface area contributed by atoms with E-state index in [0.717, 1.165) is 0 Å². The van der Waals surface area contributed by atoms with Gasteiger partial charge in [0.05, 0.1) is 13.0 Å². The molecule has 0 fully saturated rings. The summed E-state index contributed by atoms with van der Waals surface area (Å²) in [5, 5.41) is 25.0. The van der Waals surface area contributed by atoms with Gasteiger partial charge in [0.15, 0.2) is 5.96 Å². The van der Waals surface area contributed by atoms with Crippen LogP contribution in [0.5, 0.6) is 0 Å². The van der Waals surface area contributed by atoms with E-state index < -0.39 is 61.3 Å².